The molecule has 0 aliphatic carbocycles. The zero-order chi connectivity index (χ0) is 21.4. The van der Waals surface area contributed by atoms with Crippen molar-refractivity contribution in [2.24, 2.45) is 5.92 Å². The third-order valence-electron chi connectivity index (χ3n) is 4.96. The van der Waals surface area contributed by atoms with Crippen LogP contribution in [0.4, 0.5) is 0 Å². The quantitative estimate of drug-likeness (QED) is 0.298. The molecular weight excluding hydrogens is 367 g/mol. The monoisotopic (exact) mass is 410 g/mol. The minimum Gasteiger partial charge on any atom is -0.427 e. The molecule has 0 aromatic heterocycles. The van der Waals surface area contributed by atoms with Gasteiger partial charge < -0.3 is 13.9 Å². The zero-order valence-electron chi connectivity index (χ0n) is 19.5. The van der Waals surface area contributed by atoms with E-state index in [0.29, 0.717) is 6.61 Å². The van der Waals surface area contributed by atoms with E-state index in [0.717, 1.165) is 30.1 Å². The lowest BCUT2D eigenvalue weighted by Crippen LogP contribution is -2.17. The van der Waals surface area contributed by atoms with E-state index in [9.17, 15) is 4.89 Å². The molecular formula is C24H43O3P. The summed E-state index contributed by atoms with van der Waals surface area (Å²) in [7, 11) is -1.89. The van der Waals surface area contributed by atoms with E-state index in [4.69, 9.17) is 9.05 Å². The van der Waals surface area contributed by atoms with E-state index in [2.05, 4.69) is 67.5 Å². The van der Waals surface area contributed by atoms with Crippen LogP contribution in [-0.2, 0) is 15.4 Å². The molecule has 0 saturated carbocycles. The Kier molecular flexibility index (Phi) is 10.5. The normalized spacial score (nSPS) is 13.8. The topological polar surface area (TPSA) is 38.7 Å². The van der Waals surface area contributed by atoms with Crippen molar-refractivity contribution >= 4 is 8.60 Å². The van der Waals surface area contributed by atoms with Gasteiger partial charge in [0.2, 0.25) is 0 Å². The highest BCUT2D eigenvalue weighted by Gasteiger charge is 2.24. The molecule has 0 fully saturated rings. The molecule has 1 N–H and O–H groups in total. The lowest BCUT2D eigenvalue weighted by molar-refractivity contribution is 0.252. The van der Waals surface area contributed by atoms with E-state index in [1.54, 1.807) is 0 Å². The van der Waals surface area contributed by atoms with Crippen molar-refractivity contribution in [1.82, 2.24) is 0 Å². The third-order valence-corrected chi connectivity index (χ3v) is 5.71. The van der Waals surface area contributed by atoms with Crippen LogP contribution >= 0.6 is 8.60 Å². The fourth-order valence-electron chi connectivity index (χ4n) is 3.10. The fraction of sp³-hybridized carbons (Fsp3) is 0.750. The van der Waals surface area contributed by atoms with Crippen molar-refractivity contribution in [3.05, 3.63) is 29.3 Å². The van der Waals surface area contributed by atoms with Crippen LogP contribution in [0.3, 0.4) is 0 Å². The summed E-state index contributed by atoms with van der Waals surface area (Å²) in [5.74, 6) is 1.52. The Morgan fingerprint density at radius 3 is 2.07 bits per heavy atom. The van der Waals surface area contributed by atoms with Gasteiger partial charge >= 0.3 is 8.60 Å². The number of benzene rings is 1. The van der Waals surface area contributed by atoms with Gasteiger partial charge in [0.1, 0.15) is 5.75 Å². The maximum atomic E-state index is 10.2. The number of hydrogen-bond donors (Lipinski definition) is 1. The van der Waals surface area contributed by atoms with Gasteiger partial charge in [-0.05, 0) is 34.8 Å². The predicted octanol–water partition coefficient (Wildman–Crippen LogP) is 7.89. The molecule has 0 aliphatic rings. The van der Waals surface area contributed by atoms with E-state index in [1.165, 1.54) is 31.2 Å². The maximum absolute atomic E-state index is 10.2. The van der Waals surface area contributed by atoms with Crippen molar-refractivity contribution in [2.45, 2.75) is 105 Å². The molecule has 162 valence electrons. The van der Waals surface area contributed by atoms with Crippen LogP contribution in [0.15, 0.2) is 18.2 Å². The summed E-state index contributed by atoms with van der Waals surface area (Å²) in [5.41, 5.74) is 2.39. The van der Waals surface area contributed by atoms with E-state index in [1.807, 2.05) is 6.07 Å². The zero-order valence-corrected chi connectivity index (χ0v) is 20.4. The van der Waals surface area contributed by atoms with Gasteiger partial charge in [0.25, 0.3) is 0 Å². The minimum absolute atomic E-state index is 0.0667. The van der Waals surface area contributed by atoms with Crippen LogP contribution in [0, 0.1) is 5.92 Å². The van der Waals surface area contributed by atoms with Crippen LogP contribution in [0.2, 0.25) is 0 Å². The highest BCUT2D eigenvalue weighted by atomic mass is 31.2. The number of unbranched alkanes of at least 4 members (excludes halogenated alkanes) is 4. The highest BCUT2D eigenvalue weighted by molar-refractivity contribution is 7.41. The van der Waals surface area contributed by atoms with Crippen molar-refractivity contribution < 1.29 is 13.9 Å². The summed E-state index contributed by atoms with van der Waals surface area (Å²) in [4.78, 5) is 10.2. The fourth-order valence-corrected chi connectivity index (χ4v) is 3.77. The standard InChI is InChI=1S/C24H43O3P/c1-19(2)14-12-10-9-11-13-17-26-28(25)27-22-16-15-20(23(3,4)5)18-21(22)24(6,7)8/h15-16,18-19,25H,9-14,17H2,1-8H3. The van der Waals surface area contributed by atoms with Crippen LogP contribution in [-0.4, -0.2) is 11.5 Å². The summed E-state index contributed by atoms with van der Waals surface area (Å²) >= 11 is 0. The third kappa shape index (κ3) is 9.72. The molecule has 1 aromatic rings. The lowest BCUT2D eigenvalue weighted by Gasteiger charge is -2.27. The molecule has 4 heteroatoms. The Hall–Kier alpha value is -0.630. The van der Waals surface area contributed by atoms with Crippen molar-refractivity contribution in [3.8, 4) is 5.75 Å². The maximum Gasteiger partial charge on any atom is 0.394 e. The molecule has 1 atom stereocenters. The summed E-state index contributed by atoms with van der Waals surface area (Å²) in [6, 6.07) is 6.27. The Morgan fingerprint density at radius 1 is 0.893 bits per heavy atom. The number of hydrogen-bond acceptors (Lipinski definition) is 3. The van der Waals surface area contributed by atoms with Gasteiger partial charge in [-0.3, -0.25) is 0 Å². The summed E-state index contributed by atoms with van der Waals surface area (Å²) in [5, 5.41) is 0. The summed E-state index contributed by atoms with van der Waals surface area (Å²) in [6.07, 6.45) is 7.28. The van der Waals surface area contributed by atoms with Crippen molar-refractivity contribution in [3.63, 3.8) is 0 Å². The SMILES string of the molecule is CC(C)CCCCCCCOP(O)Oc1ccc(C(C)(C)C)cc1C(C)(C)C. The first kappa shape index (κ1) is 25.4. The summed E-state index contributed by atoms with van der Waals surface area (Å²) in [6.45, 7) is 18.2. The van der Waals surface area contributed by atoms with E-state index in [-0.39, 0.29) is 10.8 Å². The van der Waals surface area contributed by atoms with Gasteiger partial charge in [0.05, 0.1) is 6.61 Å². The van der Waals surface area contributed by atoms with Gasteiger partial charge in [-0.1, -0.05) is 99.6 Å². The molecule has 0 saturated heterocycles. The Labute approximate surface area is 175 Å². The molecule has 1 rings (SSSR count). The van der Waals surface area contributed by atoms with Crippen molar-refractivity contribution in [2.75, 3.05) is 6.61 Å². The first-order chi connectivity index (χ1) is 12.9. The molecule has 0 spiro atoms. The second-order valence-electron chi connectivity index (χ2n) is 10.3. The van der Waals surface area contributed by atoms with Gasteiger partial charge in [0, 0.05) is 5.56 Å². The molecule has 0 amide bonds. The first-order valence-corrected chi connectivity index (χ1v) is 12.0. The molecule has 0 heterocycles. The Morgan fingerprint density at radius 2 is 1.50 bits per heavy atom. The number of rotatable bonds is 11. The van der Waals surface area contributed by atoms with Gasteiger partial charge in [0.15, 0.2) is 0 Å². The van der Waals surface area contributed by atoms with Gasteiger partial charge in [-0.2, -0.15) is 0 Å². The van der Waals surface area contributed by atoms with Crippen LogP contribution in [0.1, 0.15) is 105 Å². The van der Waals surface area contributed by atoms with Crippen LogP contribution < -0.4 is 4.52 Å². The molecule has 0 aliphatic heterocycles. The molecule has 28 heavy (non-hydrogen) atoms. The van der Waals surface area contributed by atoms with Crippen LogP contribution in [0.25, 0.3) is 0 Å². The molecule has 1 aromatic carbocycles. The van der Waals surface area contributed by atoms with Crippen LogP contribution in [0.5, 0.6) is 5.75 Å². The van der Waals surface area contributed by atoms with Gasteiger partial charge in [-0.25, -0.2) is 0 Å². The average molecular weight is 411 g/mol. The highest BCUT2D eigenvalue weighted by Crippen LogP contribution is 2.42. The predicted molar refractivity (Wildman–Crippen MR) is 122 cm³/mol. The average Bonchev–Trinajstić information content (AvgIpc) is 2.55. The molecule has 0 radical (unpaired) electrons. The smallest absolute Gasteiger partial charge is 0.394 e. The Bertz CT molecular complexity index is 570. The minimum atomic E-state index is -1.89. The molecule has 1 unspecified atom stereocenters. The lowest BCUT2D eigenvalue weighted by atomic mass is 9.80. The van der Waals surface area contributed by atoms with Gasteiger partial charge in [-0.15, -0.1) is 0 Å². The van der Waals surface area contributed by atoms with Crippen molar-refractivity contribution in [1.29, 1.82) is 0 Å². The summed E-state index contributed by atoms with van der Waals surface area (Å²) < 4.78 is 11.4. The largest absolute Gasteiger partial charge is 0.427 e. The first-order valence-electron chi connectivity index (χ1n) is 10.9. The second-order valence-corrected chi connectivity index (χ2v) is 11.2. The van der Waals surface area contributed by atoms with E-state index < -0.39 is 8.60 Å². The molecule has 3 nitrogen and oxygen atoms in total. The van der Waals surface area contributed by atoms with E-state index >= 15 is 0 Å². The molecule has 0 bridgehead atoms. The second kappa shape index (κ2) is 11.5. The Balaban J connectivity index is 2.50.